The topological polar surface area (TPSA) is 108 Å². The van der Waals surface area contributed by atoms with Crippen molar-refractivity contribution in [2.24, 2.45) is 0 Å². The number of aryl methyl sites for hydroxylation is 1. The molecule has 0 saturated carbocycles. The lowest BCUT2D eigenvalue weighted by Gasteiger charge is -2.15. The van der Waals surface area contributed by atoms with E-state index in [9.17, 15) is 18.2 Å². The Morgan fingerprint density at radius 3 is 2.47 bits per heavy atom. The minimum atomic E-state index is -4.58. The first-order valence-electron chi connectivity index (χ1n) is 4.18. The van der Waals surface area contributed by atoms with E-state index in [1.807, 2.05) is 0 Å². The monoisotopic (exact) mass is 280 g/mol. The minimum Gasteiger partial charge on any atom is -0.744 e. The van der Waals surface area contributed by atoms with Crippen LogP contribution in [-0.4, -0.2) is 20.1 Å². The molecule has 0 amide bonds. The summed E-state index contributed by atoms with van der Waals surface area (Å²) in [4.78, 5) is -0.0741. The van der Waals surface area contributed by atoms with Crippen molar-refractivity contribution in [1.82, 2.24) is 0 Å². The van der Waals surface area contributed by atoms with Crippen molar-refractivity contribution in [2.75, 3.05) is 7.11 Å². The van der Waals surface area contributed by atoms with Crippen molar-refractivity contribution in [1.29, 1.82) is 0 Å². The van der Waals surface area contributed by atoms with Gasteiger partial charge in [-0.05, 0) is 24.6 Å². The van der Waals surface area contributed by atoms with Crippen molar-refractivity contribution in [3.63, 3.8) is 0 Å². The molecular formula is C8H8O7S2-2. The maximum Gasteiger partial charge on any atom is 0.136 e. The van der Waals surface area contributed by atoms with Gasteiger partial charge >= 0.3 is 0 Å². The van der Waals surface area contributed by atoms with E-state index in [1.165, 1.54) is 20.1 Å². The number of benzene rings is 1. The van der Waals surface area contributed by atoms with Crippen LogP contribution in [0.5, 0.6) is 5.75 Å². The Kier molecular flexibility index (Phi) is 4.74. The molecule has 0 heterocycles. The van der Waals surface area contributed by atoms with E-state index in [0.29, 0.717) is 16.9 Å². The van der Waals surface area contributed by atoms with Gasteiger partial charge in [0, 0.05) is 0 Å². The Morgan fingerprint density at radius 2 is 2.00 bits per heavy atom. The SMILES string of the molecule is COc1cc(S(=O)(=O)[O-])c(C)cc1SOO[O-]. The molecule has 17 heavy (non-hydrogen) atoms. The third-order valence-electron chi connectivity index (χ3n) is 1.88. The van der Waals surface area contributed by atoms with Crippen LogP contribution in [0.15, 0.2) is 21.9 Å². The van der Waals surface area contributed by atoms with Crippen LogP contribution in [0.4, 0.5) is 0 Å². The van der Waals surface area contributed by atoms with Crippen LogP contribution in [0.2, 0.25) is 0 Å². The zero-order valence-corrected chi connectivity index (χ0v) is 10.5. The zero-order valence-electron chi connectivity index (χ0n) is 8.83. The van der Waals surface area contributed by atoms with Crippen molar-refractivity contribution >= 4 is 22.2 Å². The highest BCUT2D eigenvalue weighted by Crippen LogP contribution is 2.34. The second-order valence-electron chi connectivity index (χ2n) is 2.94. The minimum absolute atomic E-state index is 0.0899. The Hall–Kier alpha value is -0.840. The summed E-state index contributed by atoms with van der Waals surface area (Å²) >= 11 is 0.549. The summed E-state index contributed by atoms with van der Waals surface area (Å²) in [6.07, 6.45) is 0. The highest BCUT2D eigenvalue weighted by molar-refractivity contribution is 7.94. The highest BCUT2D eigenvalue weighted by Gasteiger charge is 2.13. The lowest BCUT2D eigenvalue weighted by atomic mass is 10.2. The second kappa shape index (κ2) is 5.67. The number of hydrogen-bond donors (Lipinski definition) is 0. The lowest BCUT2D eigenvalue weighted by Crippen LogP contribution is -2.04. The predicted molar refractivity (Wildman–Crippen MR) is 53.7 cm³/mol. The molecule has 0 aliphatic carbocycles. The maximum atomic E-state index is 10.9. The molecule has 1 aromatic carbocycles. The van der Waals surface area contributed by atoms with Crippen LogP contribution in [0.1, 0.15) is 5.56 Å². The fourth-order valence-electron chi connectivity index (χ4n) is 1.19. The molecule has 0 bridgehead atoms. The second-order valence-corrected chi connectivity index (χ2v) is 5.03. The van der Waals surface area contributed by atoms with Crippen molar-refractivity contribution in [3.8, 4) is 5.75 Å². The van der Waals surface area contributed by atoms with Crippen LogP contribution in [0.3, 0.4) is 0 Å². The zero-order chi connectivity index (χ0) is 13.1. The normalized spacial score (nSPS) is 11.5. The van der Waals surface area contributed by atoms with E-state index in [4.69, 9.17) is 4.74 Å². The van der Waals surface area contributed by atoms with Gasteiger partial charge in [0.2, 0.25) is 0 Å². The quantitative estimate of drug-likeness (QED) is 0.324. The maximum absolute atomic E-state index is 10.9. The first-order valence-corrected chi connectivity index (χ1v) is 6.33. The summed E-state index contributed by atoms with van der Waals surface area (Å²) in [7, 11) is -3.29. The number of hydrogen-bond acceptors (Lipinski definition) is 8. The van der Waals surface area contributed by atoms with E-state index < -0.39 is 10.1 Å². The molecule has 0 fully saturated rings. The lowest BCUT2D eigenvalue weighted by molar-refractivity contribution is -0.777. The first-order chi connectivity index (χ1) is 7.90. The molecule has 0 atom stereocenters. The predicted octanol–water partition coefficient (Wildman–Crippen LogP) is 0.138. The standard InChI is InChI=1S/C8H10O7S2/c1-5-3-7(16-15-14-9)6(13-2)4-8(5)17(10,11)12/h3-4,9H,1-2H3,(H,10,11,12)/p-2. The largest absolute Gasteiger partial charge is 0.744 e. The van der Waals surface area contributed by atoms with Crippen LogP contribution in [-0.2, 0) is 19.5 Å². The fourth-order valence-corrected chi connectivity index (χ4v) is 2.44. The molecule has 1 aromatic rings. The molecule has 0 aliphatic heterocycles. The van der Waals surface area contributed by atoms with Gasteiger partial charge in [0.15, 0.2) is 0 Å². The Balaban J connectivity index is 3.25. The number of ether oxygens (including phenoxy) is 1. The molecule has 0 saturated heterocycles. The molecule has 1 rings (SSSR count). The van der Waals surface area contributed by atoms with E-state index in [1.54, 1.807) is 0 Å². The van der Waals surface area contributed by atoms with Crippen LogP contribution in [0, 0.1) is 6.92 Å². The summed E-state index contributed by atoms with van der Waals surface area (Å²) in [6, 6.07) is 2.40. The van der Waals surface area contributed by atoms with Crippen molar-refractivity contribution in [2.45, 2.75) is 16.7 Å². The van der Waals surface area contributed by atoms with Crippen molar-refractivity contribution < 1.29 is 32.3 Å². The van der Waals surface area contributed by atoms with Gasteiger partial charge in [0.05, 0.1) is 28.9 Å². The Morgan fingerprint density at radius 1 is 1.35 bits per heavy atom. The summed E-state index contributed by atoms with van der Waals surface area (Å²) in [5, 5.41) is 12.8. The molecule has 0 spiro atoms. The van der Waals surface area contributed by atoms with Gasteiger partial charge < -0.3 is 14.5 Å². The third-order valence-corrected chi connectivity index (χ3v) is 3.48. The summed E-state index contributed by atoms with van der Waals surface area (Å²) in [5.74, 6) is 0.0899. The van der Waals surface area contributed by atoms with Gasteiger partial charge in [-0.2, -0.15) is 4.33 Å². The molecule has 0 unspecified atom stereocenters. The summed E-state index contributed by atoms with van der Waals surface area (Å²) < 4.78 is 41.7. The number of rotatable bonds is 5. The Bertz CT molecular complexity index is 497. The van der Waals surface area contributed by atoms with Gasteiger partial charge in [0.25, 0.3) is 0 Å². The molecule has 9 heteroatoms. The first kappa shape index (κ1) is 14.2. The van der Waals surface area contributed by atoms with E-state index in [2.05, 4.69) is 9.37 Å². The average molecular weight is 280 g/mol. The molecule has 96 valence electrons. The smallest absolute Gasteiger partial charge is 0.136 e. The van der Waals surface area contributed by atoms with Gasteiger partial charge in [-0.1, -0.05) is 0 Å². The molecule has 7 nitrogen and oxygen atoms in total. The van der Waals surface area contributed by atoms with E-state index in [-0.39, 0.29) is 16.2 Å². The van der Waals surface area contributed by atoms with Gasteiger partial charge in [-0.3, -0.25) is 5.04 Å². The summed E-state index contributed by atoms with van der Waals surface area (Å²) in [5.41, 5.74) is 0.220. The molecule has 0 N–H and O–H groups in total. The molecule has 0 aliphatic rings. The number of methoxy groups -OCH3 is 1. The third kappa shape index (κ3) is 3.56. The average Bonchev–Trinajstić information content (AvgIpc) is 2.24. The summed E-state index contributed by atoms with van der Waals surface area (Å²) in [6.45, 7) is 1.44. The van der Waals surface area contributed by atoms with E-state index in [0.717, 1.165) is 6.07 Å². The van der Waals surface area contributed by atoms with Crippen molar-refractivity contribution in [3.05, 3.63) is 17.7 Å². The van der Waals surface area contributed by atoms with Crippen LogP contribution in [0.25, 0.3) is 0 Å². The molecule has 0 aromatic heterocycles. The van der Waals surface area contributed by atoms with Gasteiger partial charge in [-0.25, -0.2) is 8.42 Å². The highest BCUT2D eigenvalue weighted by atomic mass is 32.2. The molecular weight excluding hydrogens is 272 g/mol. The van der Waals surface area contributed by atoms with Gasteiger partial charge in [0.1, 0.15) is 15.9 Å². The van der Waals surface area contributed by atoms with Gasteiger partial charge in [-0.15, -0.1) is 0 Å². The molecule has 0 radical (unpaired) electrons. The van der Waals surface area contributed by atoms with Crippen LogP contribution >= 0.6 is 12.0 Å². The van der Waals surface area contributed by atoms with E-state index >= 15 is 0 Å². The Labute approximate surface area is 102 Å². The fraction of sp³-hybridized carbons (Fsp3) is 0.250. The van der Waals surface area contributed by atoms with Crippen LogP contribution < -0.4 is 9.99 Å².